The minimum Gasteiger partial charge on any atom is -0.484 e. The van der Waals surface area contributed by atoms with E-state index in [1.54, 1.807) is 0 Å². The van der Waals surface area contributed by atoms with Crippen LogP contribution in [0.25, 0.3) is 0 Å². The van der Waals surface area contributed by atoms with Gasteiger partial charge in [-0.25, -0.2) is 18.5 Å². The molecule has 0 bridgehead atoms. The zero-order valence-electron chi connectivity index (χ0n) is 8.55. The number of rotatable bonds is 2. The number of benzene rings is 1. The van der Waals surface area contributed by atoms with Gasteiger partial charge < -0.3 is 4.74 Å². The highest BCUT2D eigenvalue weighted by Crippen LogP contribution is 2.25. The first-order valence-electron chi connectivity index (χ1n) is 5.11. The second-order valence-electron chi connectivity index (χ2n) is 3.69. The van der Waals surface area contributed by atoms with Gasteiger partial charge in [-0.2, -0.15) is 0 Å². The van der Waals surface area contributed by atoms with Gasteiger partial charge in [0, 0.05) is 25.2 Å². The van der Waals surface area contributed by atoms with Crippen LogP contribution in [0.3, 0.4) is 0 Å². The van der Waals surface area contributed by atoms with E-state index in [-0.39, 0.29) is 6.10 Å². The van der Waals surface area contributed by atoms with E-state index in [9.17, 15) is 13.2 Å². The molecular weight excluding hydrogens is 219 g/mol. The Morgan fingerprint density at radius 3 is 2.19 bits per heavy atom. The highest BCUT2D eigenvalue weighted by Gasteiger charge is 2.20. The van der Waals surface area contributed by atoms with Gasteiger partial charge in [-0.3, -0.25) is 0 Å². The third kappa shape index (κ3) is 2.47. The van der Waals surface area contributed by atoms with Gasteiger partial charge in [0.15, 0.2) is 17.4 Å². The molecule has 1 aliphatic heterocycles. The minimum absolute atomic E-state index is 0.244. The summed E-state index contributed by atoms with van der Waals surface area (Å²) >= 11 is 0. The van der Waals surface area contributed by atoms with E-state index >= 15 is 0 Å². The highest BCUT2D eigenvalue weighted by atomic mass is 19.1. The van der Waals surface area contributed by atoms with E-state index in [0.717, 1.165) is 0 Å². The number of ether oxygens (including phenoxy) is 1. The first kappa shape index (κ1) is 11.3. The Labute approximate surface area is 91.4 Å². The molecule has 0 amide bonds. The zero-order valence-corrected chi connectivity index (χ0v) is 8.55. The van der Waals surface area contributed by atoms with E-state index in [1.165, 1.54) is 0 Å². The Hall–Kier alpha value is -1.23. The van der Waals surface area contributed by atoms with Crippen LogP contribution in [-0.4, -0.2) is 19.2 Å². The Balaban J connectivity index is 2.14. The molecule has 1 aromatic rings. The van der Waals surface area contributed by atoms with Gasteiger partial charge in [0.05, 0.1) is 0 Å². The topological polar surface area (TPSA) is 23.3 Å². The lowest BCUT2D eigenvalue weighted by Crippen LogP contribution is -2.30. The molecule has 2 nitrogen and oxygen atoms in total. The molecule has 0 N–H and O–H groups in total. The van der Waals surface area contributed by atoms with Crippen molar-refractivity contribution in [2.24, 2.45) is 0 Å². The van der Waals surface area contributed by atoms with E-state index in [2.05, 4.69) is 5.32 Å². The van der Waals surface area contributed by atoms with Gasteiger partial charge in [0.25, 0.3) is 0 Å². The maximum atomic E-state index is 13.2. The summed E-state index contributed by atoms with van der Waals surface area (Å²) in [6, 6.07) is 1.23. The highest BCUT2D eigenvalue weighted by molar-refractivity contribution is 5.27. The summed E-state index contributed by atoms with van der Waals surface area (Å²) in [5.74, 6) is -3.44. The Morgan fingerprint density at radius 2 is 1.62 bits per heavy atom. The van der Waals surface area contributed by atoms with Gasteiger partial charge in [0.2, 0.25) is 0 Å². The largest absolute Gasteiger partial charge is 0.484 e. The molecule has 5 heteroatoms. The number of hydrogen-bond acceptors (Lipinski definition) is 1. The predicted molar refractivity (Wildman–Crippen MR) is 51.8 cm³/mol. The molecule has 1 radical (unpaired) electrons. The molecule has 2 rings (SSSR count). The van der Waals surface area contributed by atoms with Crippen LogP contribution in [0.15, 0.2) is 12.1 Å². The lowest BCUT2D eigenvalue weighted by molar-refractivity contribution is 0.147. The standard InChI is InChI=1S/C11H11F3NO/c12-7-5-9(13)11(10(14)6-7)16-8-1-3-15-4-2-8/h5-6,8H,1-4H2. The van der Waals surface area contributed by atoms with Crippen molar-refractivity contribution in [2.75, 3.05) is 13.1 Å². The summed E-state index contributed by atoms with van der Waals surface area (Å²) in [6.45, 7) is 1.27. The van der Waals surface area contributed by atoms with Crippen LogP contribution in [0.2, 0.25) is 0 Å². The molecule has 1 saturated heterocycles. The predicted octanol–water partition coefficient (Wildman–Crippen LogP) is 2.25. The second-order valence-corrected chi connectivity index (χ2v) is 3.69. The van der Waals surface area contributed by atoms with Crippen LogP contribution in [-0.2, 0) is 0 Å². The SMILES string of the molecule is Fc1cc(F)c(OC2CC[N]CC2)c(F)c1. The fraction of sp³-hybridized carbons (Fsp3) is 0.455. The number of hydrogen-bond donors (Lipinski definition) is 0. The summed E-state index contributed by atoms with van der Waals surface area (Å²) < 4.78 is 44.3. The molecule has 0 saturated carbocycles. The van der Waals surface area contributed by atoms with E-state index in [1.807, 2.05) is 0 Å². The van der Waals surface area contributed by atoms with E-state index in [0.29, 0.717) is 38.1 Å². The van der Waals surface area contributed by atoms with Crippen molar-refractivity contribution >= 4 is 0 Å². The number of piperidine rings is 1. The van der Waals surface area contributed by atoms with Crippen LogP contribution in [0, 0.1) is 17.5 Å². The molecule has 0 atom stereocenters. The van der Waals surface area contributed by atoms with Crippen LogP contribution in [0.1, 0.15) is 12.8 Å². The van der Waals surface area contributed by atoms with Gasteiger partial charge in [-0.15, -0.1) is 0 Å². The summed E-state index contributed by atoms with van der Waals surface area (Å²) in [5.41, 5.74) is 0. The Bertz CT molecular complexity index is 354. The van der Waals surface area contributed by atoms with E-state index < -0.39 is 23.2 Å². The third-order valence-electron chi connectivity index (χ3n) is 2.47. The average Bonchev–Trinajstić information content (AvgIpc) is 2.25. The van der Waals surface area contributed by atoms with Crippen molar-refractivity contribution in [1.82, 2.24) is 5.32 Å². The average molecular weight is 230 g/mol. The zero-order chi connectivity index (χ0) is 11.5. The molecule has 1 aromatic carbocycles. The normalized spacial score (nSPS) is 17.4. The number of halogens is 3. The molecule has 1 heterocycles. The van der Waals surface area contributed by atoms with Crippen LogP contribution >= 0.6 is 0 Å². The van der Waals surface area contributed by atoms with Crippen molar-refractivity contribution < 1.29 is 17.9 Å². The fourth-order valence-corrected chi connectivity index (χ4v) is 1.65. The first-order chi connectivity index (χ1) is 7.66. The van der Waals surface area contributed by atoms with Crippen molar-refractivity contribution in [3.63, 3.8) is 0 Å². The maximum Gasteiger partial charge on any atom is 0.191 e. The monoisotopic (exact) mass is 230 g/mol. The lowest BCUT2D eigenvalue weighted by atomic mass is 10.1. The van der Waals surface area contributed by atoms with Crippen molar-refractivity contribution in [3.8, 4) is 5.75 Å². The first-order valence-corrected chi connectivity index (χ1v) is 5.11. The van der Waals surface area contributed by atoms with Gasteiger partial charge in [-0.1, -0.05) is 0 Å². The van der Waals surface area contributed by atoms with Crippen molar-refractivity contribution in [2.45, 2.75) is 18.9 Å². The third-order valence-corrected chi connectivity index (χ3v) is 2.47. The maximum absolute atomic E-state index is 13.2. The second kappa shape index (κ2) is 4.74. The lowest BCUT2D eigenvalue weighted by Gasteiger charge is -2.23. The molecule has 87 valence electrons. The Morgan fingerprint density at radius 1 is 1.06 bits per heavy atom. The fourth-order valence-electron chi connectivity index (χ4n) is 1.65. The summed E-state index contributed by atoms with van der Waals surface area (Å²) in [7, 11) is 0. The van der Waals surface area contributed by atoms with Crippen molar-refractivity contribution in [3.05, 3.63) is 29.6 Å². The summed E-state index contributed by atoms with van der Waals surface area (Å²) in [6.07, 6.45) is 1.03. The van der Waals surface area contributed by atoms with Gasteiger partial charge in [0.1, 0.15) is 11.9 Å². The molecule has 16 heavy (non-hydrogen) atoms. The molecule has 0 aliphatic carbocycles. The molecular formula is C11H11F3NO. The van der Waals surface area contributed by atoms with Gasteiger partial charge >= 0.3 is 0 Å². The smallest absolute Gasteiger partial charge is 0.191 e. The Kier molecular flexibility index (Phi) is 3.33. The van der Waals surface area contributed by atoms with Crippen molar-refractivity contribution in [1.29, 1.82) is 0 Å². The molecule has 1 fully saturated rings. The molecule has 0 unspecified atom stereocenters. The van der Waals surface area contributed by atoms with Gasteiger partial charge in [-0.05, 0) is 12.8 Å². The molecule has 0 aromatic heterocycles. The molecule has 0 spiro atoms. The minimum atomic E-state index is -1.000. The summed E-state index contributed by atoms with van der Waals surface area (Å²) in [5, 5.41) is 4.10. The quantitative estimate of drug-likeness (QED) is 0.764. The van der Waals surface area contributed by atoms with E-state index in [4.69, 9.17) is 4.74 Å². The van der Waals surface area contributed by atoms with Crippen LogP contribution < -0.4 is 10.1 Å². The number of nitrogens with zero attached hydrogens (tertiary/aromatic N) is 1. The molecule has 1 aliphatic rings. The summed E-state index contributed by atoms with van der Waals surface area (Å²) in [4.78, 5) is 0. The van der Waals surface area contributed by atoms with Crippen LogP contribution in [0.4, 0.5) is 13.2 Å². The van der Waals surface area contributed by atoms with Crippen LogP contribution in [0.5, 0.6) is 5.75 Å².